The van der Waals surface area contributed by atoms with Gasteiger partial charge in [0.2, 0.25) is 0 Å². The molecule has 1 rings (SSSR count). The Kier molecular flexibility index (Phi) is 2.27. The molecule has 0 bridgehead atoms. The van der Waals surface area contributed by atoms with Crippen LogP contribution >= 0.6 is 0 Å². The lowest BCUT2D eigenvalue weighted by atomic mass is 10.3. The smallest absolute Gasteiger partial charge is 0.0962 e. The van der Waals surface area contributed by atoms with Crippen LogP contribution in [0.1, 0.15) is 13.8 Å². The Morgan fingerprint density at radius 2 is 2.50 bits per heavy atom. The van der Waals surface area contributed by atoms with E-state index in [9.17, 15) is 0 Å². The fraction of sp³-hybridized carbons (Fsp3) is 0.857. The summed E-state index contributed by atoms with van der Waals surface area (Å²) in [6, 6.07) is 0.228. The number of hydrogen-bond acceptors (Lipinski definition) is 3. The summed E-state index contributed by atoms with van der Waals surface area (Å²) in [5.74, 6) is 1.06. The van der Waals surface area contributed by atoms with Gasteiger partial charge in [0.1, 0.15) is 0 Å². The lowest BCUT2D eigenvalue weighted by molar-refractivity contribution is 0.199. The predicted molar refractivity (Wildman–Crippen MR) is 41.2 cm³/mol. The van der Waals surface area contributed by atoms with Gasteiger partial charge < -0.3 is 10.0 Å². The Bertz CT molecular complexity index is 145. The molecular formula is C7H14N2O. The molecule has 10 heavy (non-hydrogen) atoms. The summed E-state index contributed by atoms with van der Waals surface area (Å²) >= 11 is 0. The van der Waals surface area contributed by atoms with Gasteiger partial charge in [0.05, 0.1) is 25.0 Å². The van der Waals surface area contributed by atoms with Crippen LogP contribution in [0.2, 0.25) is 0 Å². The normalized spacial score (nSPS) is 21.1. The topological polar surface area (TPSA) is 35.8 Å². The molecule has 0 amide bonds. The maximum absolute atomic E-state index is 8.82. The molecule has 0 radical (unpaired) electrons. The van der Waals surface area contributed by atoms with Crippen molar-refractivity contribution < 1.29 is 5.11 Å². The van der Waals surface area contributed by atoms with E-state index in [1.807, 2.05) is 13.8 Å². The van der Waals surface area contributed by atoms with E-state index in [1.165, 1.54) is 0 Å². The summed E-state index contributed by atoms with van der Waals surface area (Å²) in [5.41, 5.74) is 0. The number of amidine groups is 1. The molecule has 0 saturated heterocycles. The molecule has 0 aromatic carbocycles. The van der Waals surface area contributed by atoms with Gasteiger partial charge >= 0.3 is 0 Å². The molecule has 0 aromatic heterocycles. The van der Waals surface area contributed by atoms with Gasteiger partial charge in [-0.05, 0) is 13.8 Å². The summed E-state index contributed by atoms with van der Waals surface area (Å²) in [7, 11) is 0. The fourth-order valence-electron chi connectivity index (χ4n) is 1.21. The van der Waals surface area contributed by atoms with Crippen LogP contribution in [0.25, 0.3) is 0 Å². The van der Waals surface area contributed by atoms with Crippen LogP contribution in [-0.4, -0.2) is 41.6 Å². The number of aliphatic hydroxyl groups excluding tert-OH is 1. The van der Waals surface area contributed by atoms with Crippen LogP contribution in [0.15, 0.2) is 4.99 Å². The van der Waals surface area contributed by atoms with Crippen molar-refractivity contribution in [1.82, 2.24) is 4.90 Å². The van der Waals surface area contributed by atoms with Crippen LogP contribution in [0, 0.1) is 0 Å². The average Bonchev–Trinajstić information content (AvgIpc) is 2.34. The van der Waals surface area contributed by atoms with Crippen molar-refractivity contribution in [2.24, 2.45) is 4.99 Å². The first-order chi connectivity index (χ1) is 4.75. The summed E-state index contributed by atoms with van der Waals surface area (Å²) in [5, 5.41) is 8.82. The predicted octanol–water partition coefficient (Wildman–Crippen LogP) is 0.101. The second-order valence-corrected chi connectivity index (χ2v) is 2.65. The highest BCUT2D eigenvalue weighted by molar-refractivity contribution is 5.81. The molecule has 1 aliphatic rings. The van der Waals surface area contributed by atoms with Gasteiger partial charge in [0.25, 0.3) is 0 Å². The summed E-state index contributed by atoms with van der Waals surface area (Å²) in [6.45, 7) is 6.06. The lowest BCUT2D eigenvalue weighted by Gasteiger charge is -2.24. The molecule has 0 aliphatic carbocycles. The Labute approximate surface area is 61.4 Å². The average molecular weight is 142 g/mol. The third kappa shape index (κ3) is 1.29. The largest absolute Gasteiger partial charge is 0.394 e. The molecule has 3 heteroatoms. The van der Waals surface area contributed by atoms with Gasteiger partial charge in [-0.3, -0.25) is 4.99 Å². The number of nitrogens with zero attached hydrogens (tertiary/aromatic N) is 2. The number of hydrogen-bond donors (Lipinski definition) is 1. The van der Waals surface area contributed by atoms with E-state index in [0.29, 0.717) is 0 Å². The second kappa shape index (κ2) is 3.01. The van der Waals surface area contributed by atoms with Crippen molar-refractivity contribution in [1.29, 1.82) is 0 Å². The Morgan fingerprint density at radius 1 is 1.80 bits per heavy atom. The molecule has 1 heterocycles. The highest BCUT2D eigenvalue weighted by atomic mass is 16.3. The summed E-state index contributed by atoms with van der Waals surface area (Å²) in [4.78, 5) is 6.34. The Hall–Kier alpha value is -0.570. The zero-order valence-electron chi connectivity index (χ0n) is 6.54. The van der Waals surface area contributed by atoms with Crippen molar-refractivity contribution in [3.05, 3.63) is 0 Å². The van der Waals surface area contributed by atoms with Crippen LogP contribution in [0.3, 0.4) is 0 Å². The van der Waals surface area contributed by atoms with Crippen LogP contribution in [-0.2, 0) is 0 Å². The first kappa shape index (κ1) is 7.54. The lowest BCUT2D eigenvalue weighted by Crippen LogP contribution is -2.37. The van der Waals surface area contributed by atoms with E-state index >= 15 is 0 Å². The number of aliphatic imine (C=N–C) groups is 1. The van der Waals surface area contributed by atoms with Crippen molar-refractivity contribution >= 4 is 5.84 Å². The minimum absolute atomic E-state index is 0.215. The van der Waals surface area contributed by atoms with Crippen LogP contribution < -0.4 is 0 Å². The van der Waals surface area contributed by atoms with E-state index < -0.39 is 0 Å². The van der Waals surface area contributed by atoms with Crippen molar-refractivity contribution in [2.45, 2.75) is 19.9 Å². The first-order valence-corrected chi connectivity index (χ1v) is 3.64. The molecule has 1 aliphatic heterocycles. The Morgan fingerprint density at radius 3 is 2.90 bits per heavy atom. The maximum Gasteiger partial charge on any atom is 0.0962 e. The Balaban J connectivity index is 2.49. The van der Waals surface area contributed by atoms with Crippen molar-refractivity contribution in [3.8, 4) is 0 Å². The molecular weight excluding hydrogens is 128 g/mol. The van der Waals surface area contributed by atoms with E-state index in [-0.39, 0.29) is 12.6 Å². The number of aliphatic hydroxyl groups is 1. The van der Waals surface area contributed by atoms with Crippen molar-refractivity contribution in [3.63, 3.8) is 0 Å². The van der Waals surface area contributed by atoms with E-state index in [2.05, 4.69) is 9.89 Å². The van der Waals surface area contributed by atoms with Gasteiger partial charge in [-0.1, -0.05) is 0 Å². The molecule has 1 N–H and O–H groups in total. The molecule has 3 nitrogen and oxygen atoms in total. The van der Waals surface area contributed by atoms with Gasteiger partial charge in [0, 0.05) is 6.54 Å². The van der Waals surface area contributed by atoms with Gasteiger partial charge in [-0.2, -0.15) is 0 Å². The first-order valence-electron chi connectivity index (χ1n) is 3.64. The molecule has 0 saturated carbocycles. The minimum Gasteiger partial charge on any atom is -0.394 e. The summed E-state index contributed by atoms with van der Waals surface area (Å²) in [6.07, 6.45) is 0. The molecule has 0 fully saturated rings. The highest BCUT2D eigenvalue weighted by Crippen LogP contribution is 2.05. The van der Waals surface area contributed by atoms with E-state index in [4.69, 9.17) is 5.11 Å². The molecule has 0 spiro atoms. The van der Waals surface area contributed by atoms with Crippen LogP contribution in [0.4, 0.5) is 0 Å². The minimum atomic E-state index is 0.215. The van der Waals surface area contributed by atoms with Gasteiger partial charge in [-0.15, -0.1) is 0 Å². The highest BCUT2D eigenvalue weighted by Gasteiger charge is 2.17. The third-order valence-electron chi connectivity index (χ3n) is 1.89. The van der Waals surface area contributed by atoms with Gasteiger partial charge in [0.15, 0.2) is 0 Å². The van der Waals surface area contributed by atoms with Crippen LogP contribution in [0.5, 0.6) is 0 Å². The third-order valence-corrected chi connectivity index (χ3v) is 1.89. The van der Waals surface area contributed by atoms with E-state index in [1.54, 1.807) is 0 Å². The zero-order chi connectivity index (χ0) is 7.56. The molecule has 1 unspecified atom stereocenters. The SMILES string of the molecule is CC1=NCCN1C(C)CO. The maximum atomic E-state index is 8.82. The van der Waals surface area contributed by atoms with E-state index in [0.717, 1.165) is 18.9 Å². The molecule has 58 valence electrons. The fourth-order valence-corrected chi connectivity index (χ4v) is 1.21. The summed E-state index contributed by atoms with van der Waals surface area (Å²) < 4.78 is 0. The monoisotopic (exact) mass is 142 g/mol. The second-order valence-electron chi connectivity index (χ2n) is 2.65. The number of rotatable bonds is 2. The standard InChI is InChI=1S/C7H14N2O/c1-6(5-10)9-4-3-8-7(9)2/h6,10H,3-5H2,1-2H3. The van der Waals surface area contributed by atoms with Gasteiger partial charge in [-0.25, -0.2) is 0 Å². The molecule has 0 aromatic rings. The van der Waals surface area contributed by atoms with Crippen molar-refractivity contribution in [2.75, 3.05) is 19.7 Å². The zero-order valence-corrected chi connectivity index (χ0v) is 6.54. The quantitative estimate of drug-likeness (QED) is 0.593. The molecule has 1 atom stereocenters.